The number of nitrogens with one attached hydrogen (secondary N) is 1. The van der Waals surface area contributed by atoms with E-state index in [1.165, 1.54) is 11.1 Å². The summed E-state index contributed by atoms with van der Waals surface area (Å²) in [4.78, 5) is 14.3. The maximum absolute atomic E-state index is 12.5. The van der Waals surface area contributed by atoms with Crippen LogP contribution >= 0.6 is 23.2 Å². The molecular formula is C18H18Cl2N2O. The Morgan fingerprint density at radius 1 is 1.13 bits per heavy atom. The number of halogens is 2. The zero-order valence-electron chi connectivity index (χ0n) is 12.9. The zero-order chi connectivity index (χ0) is 16.4. The second kappa shape index (κ2) is 6.81. The van der Waals surface area contributed by atoms with Crippen LogP contribution in [0.5, 0.6) is 0 Å². The molecule has 1 heterocycles. The highest BCUT2D eigenvalue weighted by Crippen LogP contribution is 2.26. The number of amides is 2. The average molecular weight is 349 g/mol. The summed E-state index contributed by atoms with van der Waals surface area (Å²) in [5, 5.41) is 4.04. The summed E-state index contributed by atoms with van der Waals surface area (Å²) >= 11 is 12.0. The number of carbonyl (C=O) groups is 1. The second-order valence-corrected chi connectivity index (χ2v) is 6.60. The van der Waals surface area contributed by atoms with Crippen LogP contribution in [0.1, 0.15) is 29.7 Å². The first-order valence-corrected chi connectivity index (χ1v) is 8.37. The number of nitrogens with zero attached hydrogens (tertiary/aromatic N) is 1. The van der Waals surface area contributed by atoms with Crippen molar-refractivity contribution in [2.75, 3.05) is 6.54 Å². The van der Waals surface area contributed by atoms with Crippen LogP contribution in [-0.2, 0) is 13.0 Å². The standard InChI is InChI=1S/C18H18Cl2N2O/c1-12(14-6-7-16(19)17(20)10-14)21-18(23)22-9-8-13-4-2-3-5-15(13)11-22/h2-7,10,12H,8-9,11H2,1H3,(H,21,23). The average Bonchev–Trinajstić information content (AvgIpc) is 2.56. The van der Waals surface area contributed by atoms with Gasteiger partial charge in [-0.1, -0.05) is 53.5 Å². The fraction of sp³-hybridized carbons (Fsp3) is 0.278. The van der Waals surface area contributed by atoms with E-state index in [-0.39, 0.29) is 12.1 Å². The van der Waals surface area contributed by atoms with Crippen molar-refractivity contribution in [1.82, 2.24) is 10.2 Å². The van der Waals surface area contributed by atoms with Crippen LogP contribution in [0.3, 0.4) is 0 Å². The fourth-order valence-electron chi connectivity index (χ4n) is 2.81. The van der Waals surface area contributed by atoms with Crippen LogP contribution in [0.25, 0.3) is 0 Å². The Morgan fingerprint density at radius 3 is 2.61 bits per heavy atom. The fourth-order valence-corrected chi connectivity index (χ4v) is 3.12. The molecule has 0 bridgehead atoms. The molecule has 0 spiro atoms. The van der Waals surface area contributed by atoms with Crippen LogP contribution in [0.15, 0.2) is 42.5 Å². The number of hydrogen-bond donors (Lipinski definition) is 1. The number of rotatable bonds is 2. The lowest BCUT2D eigenvalue weighted by Crippen LogP contribution is -2.43. The Balaban J connectivity index is 1.66. The van der Waals surface area contributed by atoms with Crippen molar-refractivity contribution >= 4 is 29.2 Å². The van der Waals surface area contributed by atoms with Gasteiger partial charge in [0, 0.05) is 13.1 Å². The molecule has 1 aliphatic heterocycles. The van der Waals surface area contributed by atoms with Crippen molar-refractivity contribution in [3.8, 4) is 0 Å². The molecule has 3 rings (SSSR count). The molecule has 2 amide bonds. The van der Waals surface area contributed by atoms with Crippen LogP contribution < -0.4 is 5.32 Å². The zero-order valence-corrected chi connectivity index (χ0v) is 14.4. The van der Waals surface area contributed by atoms with Gasteiger partial charge in [-0.2, -0.15) is 0 Å². The van der Waals surface area contributed by atoms with Crippen molar-refractivity contribution in [2.24, 2.45) is 0 Å². The van der Waals surface area contributed by atoms with E-state index in [2.05, 4.69) is 17.4 Å². The van der Waals surface area contributed by atoms with E-state index in [9.17, 15) is 4.79 Å². The SMILES string of the molecule is CC(NC(=O)N1CCc2ccccc2C1)c1ccc(Cl)c(Cl)c1. The molecule has 1 aliphatic rings. The number of hydrogen-bond acceptors (Lipinski definition) is 1. The molecule has 0 aromatic heterocycles. The molecule has 0 fully saturated rings. The first kappa shape index (κ1) is 16.2. The summed E-state index contributed by atoms with van der Waals surface area (Å²) in [7, 11) is 0. The van der Waals surface area contributed by atoms with E-state index in [0.717, 1.165) is 18.5 Å². The van der Waals surface area contributed by atoms with Gasteiger partial charge in [-0.25, -0.2) is 4.79 Å². The van der Waals surface area contributed by atoms with Crippen LogP contribution in [0, 0.1) is 0 Å². The predicted octanol–water partition coefficient (Wildman–Crippen LogP) is 4.82. The number of benzene rings is 2. The number of urea groups is 1. The molecule has 5 heteroatoms. The van der Waals surface area contributed by atoms with E-state index >= 15 is 0 Å². The van der Waals surface area contributed by atoms with E-state index < -0.39 is 0 Å². The third kappa shape index (κ3) is 3.62. The Labute approximate surface area is 146 Å². The summed E-state index contributed by atoms with van der Waals surface area (Å²) in [6, 6.07) is 13.5. The van der Waals surface area contributed by atoms with Gasteiger partial charge in [0.1, 0.15) is 0 Å². The summed E-state index contributed by atoms with van der Waals surface area (Å²) < 4.78 is 0. The third-order valence-electron chi connectivity index (χ3n) is 4.20. The minimum atomic E-state index is -0.130. The topological polar surface area (TPSA) is 32.3 Å². The first-order chi connectivity index (χ1) is 11.0. The molecule has 23 heavy (non-hydrogen) atoms. The highest BCUT2D eigenvalue weighted by atomic mass is 35.5. The van der Waals surface area contributed by atoms with Gasteiger partial charge < -0.3 is 10.2 Å². The van der Waals surface area contributed by atoms with E-state index in [1.54, 1.807) is 12.1 Å². The van der Waals surface area contributed by atoms with Gasteiger partial charge in [-0.15, -0.1) is 0 Å². The number of carbonyl (C=O) groups excluding carboxylic acids is 1. The van der Waals surface area contributed by atoms with Crippen LogP contribution in [0.2, 0.25) is 10.0 Å². The van der Waals surface area contributed by atoms with E-state index in [4.69, 9.17) is 23.2 Å². The molecule has 0 saturated heterocycles. The van der Waals surface area contributed by atoms with E-state index in [1.807, 2.05) is 30.0 Å². The van der Waals surface area contributed by atoms with Crippen LogP contribution in [-0.4, -0.2) is 17.5 Å². The minimum Gasteiger partial charge on any atom is -0.331 e. The Bertz CT molecular complexity index is 733. The van der Waals surface area contributed by atoms with Gasteiger partial charge in [0.25, 0.3) is 0 Å². The highest BCUT2D eigenvalue weighted by molar-refractivity contribution is 6.42. The molecule has 0 aliphatic carbocycles. The largest absolute Gasteiger partial charge is 0.331 e. The molecule has 1 N–H and O–H groups in total. The lowest BCUT2D eigenvalue weighted by molar-refractivity contribution is 0.189. The molecule has 3 nitrogen and oxygen atoms in total. The molecule has 1 unspecified atom stereocenters. The van der Waals surface area contributed by atoms with Gasteiger partial charge in [-0.3, -0.25) is 0 Å². The van der Waals surface area contributed by atoms with Gasteiger partial charge in [-0.05, 0) is 42.2 Å². The molecule has 2 aromatic rings. The Hall–Kier alpha value is -1.71. The van der Waals surface area contributed by atoms with Crippen molar-refractivity contribution in [2.45, 2.75) is 25.9 Å². The van der Waals surface area contributed by atoms with Gasteiger partial charge in [0.15, 0.2) is 0 Å². The maximum Gasteiger partial charge on any atom is 0.318 e. The van der Waals surface area contributed by atoms with Crippen molar-refractivity contribution in [3.05, 3.63) is 69.2 Å². The monoisotopic (exact) mass is 348 g/mol. The van der Waals surface area contributed by atoms with Gasteiger partial charge in [0.2, 0.25) is 0 Å². The van der Waals surface area contributed by atoms with Gasteiger partial charge in [0.05, 0.1) is 16.1 Å². The minimum absolute atomic E-state index is 0.0573. The molecular weight excluding hydrogens is 331 g/mol. The van der Waals surface area contributed by atoms with Crippen LogP contribution in [0.4, 0.5) is 4.79 Å². The third-order valence-corrected chi connectivity index (χ3v) is 4.94. The van der Waals surface area contributed by atoms with Gasteiger partial charge >= 0.3 is 6.03 Å². The molecule has 0 radical (unpaired) electrons. The summed E-state index contributed by atoms with van der Waals surface area (Å²) in [6.07, 6.45) is 0.894. The highest BCUT2D eigenvalue weighted by Gasteiger charge is 2.21. The van der Waals surface area contributed by atoms with E-state index in [0.29, 0.717) is 16.6 Å². The summed E-state index contributed by atoms with van der Waals surface area (Å²) in [5.74, 6) is 0. The molecule has 0 saturated carbocycles. The normalized spacial score (nSPS) is 15.0. The first-order valence-electron chi connectivity index (χ1n) is 7.62. The quantitative estimate of drug-likeness (QED) is 0.828. The lowest BCUT2D eigenvalue weighted by Gasteiger charge is -2.30. The summed E-state index contributed by atoms with van der Waals surface area (Å²) in [6.45, 7) is 3.32. The molecule has 2 aromatic carbocycles. The lowest BCUT2D eigenvalue weighted by atomic mass is 10.0. The van der Waals surface area contributed by atoms with Crippen molar-refractivity contribution in [3.63, 3.8) is 0 Å². The number of fused-ring (bicyclic) bond motifs is 1. The van der Waals surface area contributed by atoms with Crippen molar-refractivity contribution in [1.29, 1.82) is 0 Å². The predicted molar refractivity (Wildman–Crippen MR) is 94.0 cm³/mol. The second-order valence-electron chi connectivity index (χ2n) is 5.78. The molecule has 1 atom stereocenters. The molecule has 120 valence electrons. The Morgan fingerprint density at radius 2 is 1.87 bits per heavy atom. The summed E-state index contributed by atoms with van der Waals surface area (Å²) in [5.41, 5.74) is 3.48. The Kier molecular flexibility index (Phi) is 4.79. The van der Waals surface area contributed by atoms with Crippen molar-refractivity contribution < 1.29 is 4.79 Å². The maximum atomic E-state index is 12.5. The smallest absolute Gasteiger partial charge is 0.318 e.